The van der Waals surface area contributed by atoms with Crippen molar-refractivity contribution >= 4 is 5.91 Å². The molecule has 5 N–H and O–H groups in total. The van der Waals surface area contributed by atoms with Gasteiger partial charge >= 0.3 is 0 Å². The predicted octanol–water partition coefficient (Wildman–Crippen LogP) is 16.6. The van der Waals surface area contributed by atoms with E-state index in [0.717, 1.165) is 51.4 Å². The van der Waals surface area contributed by atoms with Crippen LogP contribution in [0.15, 0.2) is 24.3 Å². The summed E-state index contributed by atoms with van der Waals surface area (Å²) in [6.07, 6.45) is 64.1. The Morgan fingerprint density at radius 2 is 0.641 bits per heavy atom. The molecule has 0 fully saturated rings. The smallest absolute Gasteiger partial charge is 0.249 e. The van der Waals surface area contributed by atoms with Gasteiger partial charge in [-0.05, 0) is 64.2 Å². The fourth-order valence-corrected chi connectivity index (χ4v) is 9.11. The van der Waals surface area contributed by atoms with Gasteiger partial charge in [-0.1, -0.05) is 269 Å². The van der Waals surface area contributed by atoms with Crippen LogP contribution in [0.4, 0.5) is 0 Å². The second-order valence-electron chi connectivity index (χ2n) is 20.0. The highest BCUT2D eigenvalue weighted by atomic mass is 16.3. The summed E-state index contributed by atoms with van der Waals surface area (Å²) >= 11 is 0. The Morgan fingerprint density at radius 3 is 0.938 bits per heavy atom. The molecular formula is C58H113NO5. The third-order valence-electron chi connectivity index (χ3n) is 13.6. The van der Waals surface area contributed by atoms with Crippen LogP contribution in [0, 0.1) is 0 Å². The summed E-state index contributed by atoms with van der Waals surface area (Å²) in [6, 6.07) is -1.01. The molecule has 0 saturated heterocycles. The Bertz CT molecular complexity index is 970. The van der Waals surface area contributed by atoms with E-state index in [-0.39, 0.29) is 0 Å². The molecule has 1 amide bonds. The molecule has 0 aromatic heterocycles. The molecule has 64 heavy (non-hydrogen) atoms. The molecule has 380 valence electrons. The standard InChI is InChI=1S/C58H113NO5/c1-3-5-7-9-11-13-15-17-19-21-22-23-24-25-26-27-28-29-30-31-32-33-34-36-37-39-41-43-45-47-49-51-55(61)57(63)54(53-60)59-58(64)56(62)52-50-48-46-44-42-40-38-35-20-18-16-14-12-10-8-6-4-2/h38,40,43,45,54-57,60-63H,3-37,39,41-42,44,46-53H2,1-2H3,(H,59,64)/b40-38-,45-43+. The van der Waals surface area contributed by atoms with Crippen molar-refractivity contribution in [3.05, 3.63) is 24.3 Å². The molecule has 0 saturated carbocycles. The number of hydrogen-bond acceptors (Lipinski definition) is 5. The van der Waals surface area contributed by atoms with Crippen LogP contribution in [-0.4, -0.2) is 57.3 Å². The van der Waals surface area contributed by atoms with Gasteiger partial charge in [-0.25, -0.2) is 0 Å². The number of unbranched alkanes of at least 4 members (excludes halogenated alkanes) is 40. The third-order valence-corrected chi connectivity index (χ3v) is 13.6. The Hall–Kier alpha value is -1.21. The Kier molecular flexibility index (Phi) is 51.8. The van der Waals surface area contributed by atoms with E-state index in [2.05, 4.69) is 43.5 Å². The number of hydrogen-bond donors (Lipinski definition) is 5. The topological polar surface area (TPSA) is 110 Å². The lowest BCUT2D eigenvalue weighted by atomic mass is 10.00. The van der Waals surface area contributed by atoms with Crippen molar-refractivity contribution in [3.8, 4) is 0 Å². The average molecular weight is 905 g/mol. The Labute approximate surface area is 399 Å². The number of aliphatic hydroxyl groups excluding tert-OH is 4. The van der Waals surface area contributed by atoms with Crippen LogP contribution in [-0.2, 0) is 4.79 Å². The molecule has 4 atom stereocenters. The summed E-state index contributed by atoms with van der Waals surface area (Å²) in [7, 11) is 0. The normalized spacial score (nSPS) is 13.9. The average Bonchev–Trinajstić information content (AvgIpc) is 3.30. The van der Waals surface area contributed by atoms with Crippen molar-refractivity contribution in [2.75, 3.05) is 6.61 Å². The number of carbonyl (C=O) groups excluding carboxylic acids is 1. The molecule has 6 heteroatoms. The number of carbonyl (C=O) groups is 1. The largest absolute Gasteiger partial charge is 0.394 e. The minimum absolute atomic E-state index is 0.350. The molecule has 0 aromatic rings. The fourth-order valence-electron chi connectivity index (χ4n) is 9.11. The van der Waals surface area contributed by atoms with Crippen molar-refractivity contribution in [1.29, 1.82) is 0 Å². The van der Waals surface area contributed by atoms with Crippen molar-refractivity contribution < 1.29 is 25.2 Å². The quantitative estimate of drug-likeness (QED) is 0.0308. The van der Waals surface area contributed by atoms with Gasteiger partial charge in [0, 0.05) is 0 Å². The van der Waals surface area contributed by atoms with E-state index in [1.54, 1.807) is 0 Å². The maximum Gasteiger partial charge on any atom is 0.249 e. The number of rotatable bonds is 53. The molecule has 6 nitrogen and oxygen atoms in total. The zero-order valence-electron chi connectivity index (χ0n) is 43.0. The molecular weight excluding hydrogens is 791 g/mol. The summed E-state index contributed by atoms with van der Waals surface area (Å²) < 4.78 is 0. The van der Waals surface area contributed by atoms with E-state index in [1.807, 2.05) is 0 Å². The number of allylic oxidation sites excluding steroid dienone is 4. The van der Waals surface area contributed by atoms with Crippen LogP contribution >= 0.6 is 0 Å². The van der Waals surface area contributed by atoms with Gasteiger partial charge in [0.15, 0.2) is 0 Å². The van der Waals surface area contributed by atoms with E-state index < -0.39 is 36.9 Å². The molecule has 0 aliphatic heterocycles. The van der Waals surface area contributed by atoms with Gasteiger partial charge in [-0.2, -0.15) is 0 Å². The van der Waals surface area contributed by atoms with Crippen LogP contribution in [0.1, 0.15) is 309 Å². The van der Waals surface area contributed by atoms with Crippen LogP contribution < -0.4 is 5.32 Å². The molecule has 4 unspecified atom stereocenters. The minimum Gasteiger partial charge on any atom is -0.394 e. The summed E-state index contributed by atoms with van der Waals surface area (Å²) in [5.74, 6) is -0.598. The fraction of sp³-hybridized carbons (Fsp3) is 0.914. The van der Waals surface area contributed by atoms with Gasteiger partial charge in [0.25, 0.3) is 0 Å². The van der Waals surface area contributed by atoms with Crippen molar-refractivity contribution in [1.82, 2.24) is 5.32 Å². The second kappa shape index (κ2) is 52.8. The van der Waals surface area contributed by atoms with Crippen LogP contribution in [0.25, 0.3) is 0 Å². The molecule has 0 rings (SSSR count). The summed E-state index contributed by atoms with van der Waals surface area (Å²) in [6.45, 7) is 4.07. The maximum absolute atomic E-state index is 12.6. The third kappa shape index (κ3) is 45.9. The maximum atomic E-state index is 12.6. The molecule has 0 aromatic carbocycles. The Morgan fingerprint density at radius 1 is 0.375 bits per heavy atom. The monoisotopic (exact) mass is 904 g/mol. The summed E-state index contributed by atoms with van der Waals surface area (Å²) in [5, 5.41) is 43.9. The number of aliphatic hydroxyl groups is 4. The molecule has 0 aliphatic carbocycles. The number of nitrogens with one attached hydrogen (secondary N) is 1. The van der Waals surface area contributed by atoms with Gasteiger partial charge in [0.05, 0.1) is 18.8 Å². The summed E-state index contributed by atoms with van der Waals surface area (Å²) in [5.41, 5.74) is 0. The van der Waals surface area contributed by atoms with Crippen molar-refractivity contribution in [2.24, 2.45) is 0 Å². The first-order valence-electron chi connectivity index (χ1n) is 28.7. The van der Waals surface area contributed by atoms with Crippen LogP contribution in [0.5, 0.6) is 0 Å². The van der Waals surface area contributed by atoms with Gasteiger partial charge in [0.2, 0.25) is 5.91 Å². The highest BCUT2D eigenvalue weighted by molar-refractivity contribution is 5.80. The first-order chi connectivity index (χ1) is 31.5. The minimum atomic E-state index is -1.29. The van der Waals surface area contributed by atoms with Gasteiger partial charge in [-0.3, -0.25) is 4.79 Å². The lowest BCUT2D eigenvalue weighted by Gasteiger charge is -2.27. The molecule has 0 heterocycles. The number of amides is 1. The molecule has 0 radical (unpaired) electrons. The summed E-state index contributed by atoms with van der Waals surface area (Å²) in [4.78, 5) is 12.6. The van der Waals surface area contributed by atoms with Crippen LogP contribution in [0.2, 0.25) is 0 Å². The lowest BCUT2D eigenvalue weighted by molar-refractivity contribution is -0.132. The Balaban J connectivity index is 3.61. The SMILES string of the molecule is CCCCCCCCCCC/C=C\CCCCCCC(O)C(=O)NC(CO)C(O)C(O)CCC/C=C/CCCCCCCCCCCCCCCCCCCCCCCCCCCC. The van der Waals surface area contributed by atoms with E-state index in [0.29, 0.717) is 12.8 Å². The van der Waals surface area contributed by atoms with E-state index in [9.17, 15) is 25.2 Å². The molecule has 0 spiro atoms. The zero-order chi connectivity index (χ0) is 46.7. The highest BCUT2D eigenvalue weighted by Gasteiger charge is 2.28. The van der Waals surface area contributed by atoms with E-state index in [1.165, 1.54) is 231 Å². The van der Waals surface area contributed by atoms with Gasteiger partial charge < -0.3 is 25.7 Å². The van der Waals surface area contributed by atoms with Crippen molar-refractivity contribution in [3.63, 3.8) is 0 Å². The molecule has 0 aliphatic rings. The second-order valence-corrected chi connectivity index (χ2v) is 20.0. The zero-order valence-corrected chi connectivity index (χ0v) is 43.0. The van der Waals surface area contributed by atoms with Gasteiger partial charge in [0.1, 0.15) is 12.2 Å². The first-order valence-corrected chi connectivity index (χ1v) is 28.7. The van der Waals surface area contributed by atoms with Crippen LogP contribution in [0.3, 0.4) is 0 Å². The van der Waals surface area contributed by atoms with Gasteiger partial charge in [-0.15, -0.1) is 0 Å². The van der Waals surface area contributed by atoms with E-state index >= 15 is 0 Å². The lowest BCUT2D eigenvalue weighted by Crippen LogP contribution is -2.53. The first kappa shape index (κ1) is 62.8. The highest BCUT2D eigenvalue weighted by Crippen LogP contribution is 2.18. The predicted molar refractivity (Wildman–Crippen MR) is 279 cm³/mol. The van der Waals surface area contributed by atoms with E-state index in [4.69, 9.17) is 0 Å². The van der Waals surface area contributed by atoms with Crippen molar-refractivity contribution in [2.45, 2.75) is 334 Å². The molecule has 0 bridgehead atoms.